The predicted octanol–water partition coefficient (Wildman–Crippen LogP) is 2.31. The fourth-order valence-electron chi connectivity index (χ4n) is 2.75. The Balaban J connectivity index is 1.90. The number of nitrogens with zero attached hydrogens (tertiary/aromatic N) is 2. The molecule has 0 saturated heterocycles. The van der Waals surface area contributed by atoms with E-state index in [2.05, 4.69) is 16.5 Å². The number of methoxy groups -OCH3 is 1. The van der Waals surface area contributed by atoms with Crippen molar-refractivity contribution in [2.45, 2.75) is 20.0 Å². The molecule has 3 aromatic rings. The molecule has 6 heteroatoms. The summed E-state index contributed by atoms with van der Waals surface area (Å²) in [5.74, 6) is 1.13. The van der Waals surface area contributed by atoms with E-state index in [0.717, 1.165) is 27.8 Å². The Morgan fingerprint density at radius 3 is 2.75 bits per heavy atom. The maximum atomic E-state index is 11.1. The number of anilines is 1. The molecule has 1 aromatic heterocycles. The van der Waals surface area contributed by atoms with Crippen molar-refractivity contribution in [1.82, 2.24) is 15.1 Å². The Bertz CT molecular complexity index is 886. The van der Waals surface area contributed by atoms with Crippen LogP contribution in [0.15, 0.2) is 42.5 Å². The van der Waals surface area contributed by atoms with Gasteiger partial charge in [0.2, 0.25) is 5.91 Å². The SMILES string of the molecule is COc1cccc2c1c(N)nn2Cc1cccc(CNC(C)=O)c1. The lowest BCUT2D eigenvalue weighted by atomic mass is 10.1. The largest absolute Gasteiger partial charge is 0.496 e. The number of nitrogens with one attached hydrogen (secondary N) is 1. The van der Waals surface area contributed by atoms with E-state index in [-0.39, 0.29) is 5.91 Å². The van der Waals surface area contributed by atoms with Crippen LogP contribution in [0.1, 0.15) is 18.1 Å². The summed E-state index contributed by atoms with van der Waals surface area (Å²) in [4.78, 5) is 11.1. The molecule has 0 saturated carbocycles. The van der Waals surface area contributed by atoms with Gasteiger partial charge in [0.1, 0.15) is 5.75 Å². The summed E-state index contributed by atoms with van der Waals surface area (Å²) in [7, 11) is 1.62. The third-order valence-electron chi connectivity index (χ3n) is 3.85. The van der Waals surface area contributed by atoms with E-state index in [1.54, 1.807) is 7.11 Å². The molecule has 24 heavy (non-hydrogen) atoms. The van der Waals surface area contributed by atoms with Crippen LogP contribution in [0.4, 0.5) is 5.82 Å². The number of benzene rings is 2. The van der Waals surface area contributed by atoms with Crippen molar-refractivity contribution in [3.63, 3.8) is 0 Å². The Labute approximate surface area is 140 Å². The van der Waals surface area contributed by atoms with Crippen molar-refractivity contribution < 1.29 is 9.53 Å². The van der Waals surface area contributed by atoms with Gasteiger partial charge in [-0.05, 0) is 23.3 Å². The fourth-order valence-corrected chi connectivity index (χ4v) is 2.75. The fraction of sp³-hybridized carbons (Fsp3) is 0.222. The molecule has 0 atom stereocenters. The molecule has 6 nitrogen and oxygen atoms in total. The van der Waals surface area contributed by atoms with Crippen LogP contribution in [0.5, 0.6) is 5.75 Å². The van der Waals surface area contributed by atoms with Gasteiger partial charge in [-0.1, -0.05) is 30.3 Å². The van der Waals surface area contributed by atoms with Crippen molar-refractivity contribution in [2.75, 3.05) is 12.8 Å². The van der Waals surface area contributed by atoms with Crippen LogP contribution < -0.4 is 15.8 Å². The standard InChI is InChI=1S/C18H20N4O2/c1-12(23)20-10-13-5-3-6-14(9-13)11-22-15-7-4-8-16(24-2)17(15)18(19)21-22/h3-9H,10-11H2,1-2H3,(H2,19,21)(H,20,23). The zero-order chi connectivity index (χ0) is 17.1. The summed E-state index contributed by atoms with van der Waals surface area (Å²) in [6.45, 7) is 2.61. The minimum absolute atomic E-state index is 0.0432. The van der Waals surface area contributed by atoms with E-state index in [9.17, 15) is 4.79 Å². The number of rotatable bonds is 5. The lowest BCUT2D eigenvalue weighted by molar-refractivity contribution is -0.119. The predicted molar refractivity (Wildman–Crippen MR) is 93.8 cm³/mol. The number of nitrogen functional groups attached to an aromatic ring is 1. The van der Waals surface area contributed by atoms with Gasteiger partial charge >= 0.3 is 0 Å². The summed E-state index contributed by atoms with van der Waals surface area (Å²) in [5.41, 5.74) is 9.12. The van der Waals surface area contributed by atoms with Crippen LogP contribution in [0, 0.1) is 0 Å². The molecule has 0 bridgehead atoms. The Hall–Kier alpha value is -3.02. The number of amides is 1. The van der Waals surface area contributed by atoms with Gasteiger partial charge in [-0.25, -0.2) is 0 Å². The van der Waals surface area contributed by atoms with E-state index in [4.69, 9.17) is 10.5 Å². The third kappa shape index (κ3) is 3.17. The third-order valence-corrected chi connectivity index (χ3v) is 3.85. The van der Waals surface area contributed by atoms with Gasteiger partial charge in [0.25, 0.3) is 0 Å². The second-order valence-electron chi connectivity index (χ2n) is 5.63. The zero-order valence-corrected chi connectivity index (χ0v) is 13.7. The molecule has 3 rings (SSSR count). The Kier molecular flexibility index (Phi) is 4.37. The summed E-state index contributed by atoms with van der Waals surface area (Å²) < 4.78 is 7.24. The van der Waals surface area contributed by atoms with Gasteiger partial charge in [-0.3, -0.25) is 9.48 Å². The molecular formula is C18H20N4O2. The van der Waals surface area contributed by atoms with Gasteiger partial charge < -0.3 is 15.8 Å². The maximum absolute atomic E-state index is 11.1. The van der Waals surface area contributed by atoms with Gasteiger partial charge in [-0.2, -0.15) is 5.10 Å². The molecule has 0 radical (unpaired) electrons. The van der Waals surface area contributed by atoms with Gasteiger partial charge in [0.05, 0.1) is 24.6 Å². The second-order valence-corrected chi connectivity index (χ2v) is 5.63. The van der Waals surface area contributed by atoms with Crippen molar-refractivity contribution in [3.05, 3.63) is 53.6 Å². The van der Waals surface area contributed by atoms with Gasteiger partial charge in [-0.15, -0.1) is 0 Å². The Morgan fingerprint density at radius 2 is 2.00 bits per heavy atom. The number of hydrogen-bond donors (Lipinski definition) is 2. The maximum Gasteiger partial charge on any atom is 0.217 e. The molecule has 0 aliphatic heterocycles. The van der Waals surface area contributed by atoms with Crippen LogP contribution in [0.2, 0.25) is 0 Å². The molecule has 0 fully saturated rings. The number of carbonyl (C=O) groups is 1. The topological polar surface area (TPSA) is 82.2 Å². The lowest BCUT2D eigenvalue weighted by Gasteiger charge is -2.08. The highest BCUT2D eigenvalue weighted by Crippen LogP contribution is 2.30. The number of fused-ring (bicyclic) bond motifs is 1. The summed E-state index contributed by atoms with van der Waals surface area (Å²) in [5, 5.41) is 8.07. The minimum atomic E-state index is -0.0432. The minimum Gasteiger partial charge on any atom is -0.496 e. The molecule has 0 spiro atoms. The molecular weight excluding hydrogens is 304 g/mol. The first-order valence-corrected chi connectivity index (χ1v) is 7.69. The first-order valence-electron chi connectivity index (χ1n) is 7.69. The highest BCUT2D eigenvalue weighted by atomic mass is 16.5. The zero-order valence-electron chi connectivity index (χ0n) is 13.7. The van der Waals surface area contributed by atoms with E-state index in [1.807, 2.05) is 41.1 Å². The molecule has 124 valence electrons. The van der Waals surface area contributed by atoms with Crippen molar-refractivity contribution in [1.29, 1.82) is 0 Å². The smallest absolute Gasteiger partial charge is 0.217 e. The number of hydrogen-bond acceptors (Lipinski definition) is 4. The normalized spacial score (nSPS) is 10.8. The highest BCUT2D eigenvalue weighted by molar-refractivity contribution is 5.94. The number of nitrogens with two attached hydrogens (primary N) is 1. The molecule has 0 unspecified atom stereocenters. The summed E-state index contributed by atoms with van der Waals surface area (Å²) in [6.07, 6.45) is 0. The molecule has 0 aliphatic rings. The summed E-state index contributed by atoms with van der Waals surface area (Å²) >= 11 is 0. The van der Waals surface area contributed by atoms with Crippen LogP contribution in [-0.2, 0) is 17.9 Å². The van der Waals surface area contributed by atoms with Crippen LogP contribution >= 0.6 is 0 Å². The van der Waals surface area contributed by atoms with Crippen molar-refractivity contribution >= 4 is 22.6 Å². The first-order chi connectivity index (χ1) is 11.6. The average molecular weight is 324 g/mol. The van der Waals surface area contributed by atoms with E-state index in [0.29, 0.717) is 18.9 Å². The Morgan fingerprint density at radius 1 is 1.25 bits per heavy atom. The van der Waals surface area contributed by atoms with Crippen LogP contribution in [-0.4, -0.2) is 22.8 Å². The molecule has 1 heterocycles. The van der Waals surface area contributed by atoms with E-state index >= 15 is 0 Å². The van der Waals surface area contributed by atoms with E-state index < -0.39 is 0 Å². The first kappa shape index (κ1) is 15.9. The van der Waals surface area contributed by atoms with E-state index in [1.165, 1.54) is 6.92 Å². The molecule has 1 amide bonds. The molecule has 2 aromatic carbocycles. The van der Waals surface area contributed by atoms with Gasteiger partial charge in [0, 0.05) is 13.5 Å². The molecule has 0 aliphatic carbocycles. The van der Waals surface area contributed by atoms with Crippen molar-refractivity contribution in [3.8, 4) is 5.75 Å². The second kappa shape index (κ2) is 6.62. The summed E-state index contributed by atoms with van der Waals surface area (Å²) in [6, 6.07) is 13.8. The number of carbonyl (C=O) groups excluding carboxylic acids is 1. The van der Waals surface area contributed by atoms with Gasteiger partial charge in [0.15, 0.2) is 5.82 Å². The highest BCUT2D eigenvalue weighted by Gasteiger charge is 2.12. The monoisotopic (exact) mass is 324 g/mol. The quantitative estimate of drug-likeness (QED) is 0.754. The number of ether oxygens (including phenoxy) is 1. The lowest BCUT2D eigenvalue weighted by Crippen LogP contribution is -2.19. The van der Waals surface area contributed by atoms with Crippen molar-refractivity contribution in [2.24, 2.45) is 0 Å². The number of aromatic nitrogens is 2. The molecule has 3 N–H and O–H groups in total. The average Bonchev–Trinajstić information content (AvgIpc) is 2.89. The van der Waals surface area contributed by atoms with Crippen LogP contribution in [0.3, 0.4) is 0 Å². The van der Waals surface area contributed by atoms with Crippen LogP contribution in [0.25, 0.3) is 10.9 Å².